The molecule has 0 bridgehead atoms. The molecule has 0 saturated carbocycles. The first-order valence-corrected chi connectivity index (χ1v) is 15.1. The van der Waals surface area contributed by atoms with Crippen LogP contribution in [0.25, 0.3) is 0 Å². The Balaban J connectivity index is 2.28. The molecule has 1 atom stereocenters. The van der Waals surface area contributed by atoms with Gasteiger partial charge in [-0.3, -0.25) is 13.9 Å². The molecule has 0 heterocycles. The largest absolute Gasteiger partial charge is 0.352 e. The molecule has 204 valence electrons. The Morgan fingerprint density at radius 3 is 2.19 bits per heavy atom. The fraction of sp³-hybridized carbons (Fsp3) is 0.440. The molecule has 12 heteroatoms. The van der Waals surface area contributed by atoms with Gasteiger partial charge in [-0.1, -0.05) is 59.4 Å². The van der Waals surface area contributed by atoms with Crippen molar-refractivity contribution in [2.45, 2.75) is 58.7 Å². The minimum Gasteiger partial charge on any atom is -0.352 e. The third-order valence-corrected chi connectivity index (χ3v) is 7.96. The number of benzene rings is 2. The van der Waals surface area contributed by atoms with Gasteiger partial charge < -0.3 is 10.2 Å². The fourth-order valence-corrected chi connectivity index (χ4v) is 5.52. The number of nitrogens with one attached hydrogen (secondary N) is 1. The smallest absolute Gasteiger partial charge is 0.243 e. The quantitative estimate of drug-likeness (QED) is 0.311. The highest BCUT2D eigenvalue weighted by Gasteiger charge is 2.29. The van der Waals surface area contributed by atoms with Crippen molar-refractivity contribution in [1.82, 2.24) is 10.2 Å². The maximum Gasteiger partial charge on any atom is 0.243 e. The Morgan fingerprint density at radius 1 is 0.973 bits per heavy atom. The average molecular weight is 611 g/mol. The number of hydrogen-bond acceptors (Lipinski definition) is 4. The summed E-state index contributed by atoms with van der Waals surface area (Å²) >= 11 is 24.5. The topological polar surface area (TPSA) is 86.8 Å². The zero-order valence-corrected chi connectivity index (χ0v) is 24.9. The van der Waals surface area contributed by atoms with Crippen molar-refractivity contribution < 1.29 is 18.0 Å². The number of amides is 2. The molecule has 1 unspecified atom stereocenters. The Morgan fingerprint density at radius 2 is 1.62 bits per heavy atom. The van der Waals surface area contributed by atoms with Crippen LogP contribution in [0.4, 0.5) is 5.69 Å². The molecule has 0 aromatic heterocycles. The zero-order chi connectivity index (χ0) is 27.9. The standard InChI is InChI=1S/C25H31Cl4N3O4S/c1-5-22(25(34)30-16(2)3)31(15-17-8-10-19(27)21(29)13-17)24(33)7-6-12-32(37(4,35)36)23-14-18(26)9-11-20(23)28/h8-11,13-14,16,22H,5-7,12,15H2,1-4H3,(H,30,34). The van der Waals surface area contributed by atoms with E-state index in [9.17, 15) is 18.0 Å². The van der Waals surface area contributed by atoms with E-state index in [2.05, 4.69) is 5.32 Å². The normalized spacial score (nSPS) is 12.4. The van der Waals surface area contributed by atoms with Crippen molar-refractivity contribution in [2.24, 2.45) is 0 Å². The summed E-state index contributed by atoms with van der Waals surface area (Å²) in [4.78, 5) is 27.9. The second-order valence-corrected chi connectivity index (χ2v) is 12.5. The Hall–Kier alpha value is -1.71. The summed E-state index contributed by atoms with van der Waals surface area (Å²) in [7, 11) is -3.71. The molecule has 0 fully saturated rings. The van der Waals surface area contributed by atoms with Crippen LogP contribution in [-0.4, -0.2) is 50.0 Å². The van der Waals surface area contributed by atoms with Crippen molar-refractivity contribution >= 4 is 73.9 Å². The van der Waals surface area contributed by atoms with E-state index in [0.29, 0.717) is 27.1 Å². The van der Waals surface area contributed by atoms with Gasteiger partial charge in [0, 0.05) is 30.6 Å². The van der Waals surface area contributed by atoms with Gasteiger partial charge in [-0.15, -0.1) is 0 Å². The van der Waals surface area contributed by atoms with Crippen LogP contribution in [0.1, 0.15) is 45.6 Å². The van der Waals surface area contributed by atoms with Gasteiger partial charge >= 0.3 is 0 Å². The summed E-state index contributed by atoms with van der Waals surface area (Å²) < 4.78 is 26.1. The highest BCUT2D eigenvalue weighted by molar-refractivity contribution is 7.92. The molecule has 0 aliphatic rings. The number of carbonyl (C=O) groups excluding carboxylic acids is 2. The summed E-state index contributed by atoms with van der Waals surface area (Å²) in [6.07, 6.45) is 1.64. The van der Waals surface area contributed by atoms with Crippen LogP contribution >= 0.6 is 46.4 Å². The van der Waals surface area contributed by atoms with Crippen LogP contribution in [0.15, 0.2) is 36.4 Å². The highest BCUT2D eigenvalue weighted by atomic mass is 35.5. The molecule has 2 amide bonds. The first-order chi connectivity index (χ1) is 17.2. The van der Waals surface area contributed by atoms with E-state index in [-0.39, 0.29) is 54.5 Å². The maximum absolute atomic E-state index is 13.5. The van der Waals surface area contributed by atoms with Crippen molar-refractivity contribution in [3.8, 4) is 0 Å². The summed E-state index contributed by atoms with van der Waals surface area (Å²) in [5.74, 6) is -0.572. The van der Waals surface area contributed by atoms with Gasteiger partial charge in [0.15, 0.2) is 0 Å². The van der Waals surface area contributed by atoms with Crippen LogP contribution < -0.4 is 9.62 Å². The molecule has 2 aromatic rings. The molecule has 0 aliphatic heterocycles. The number of anilines is 1. The van der Waals surface area contributed by atoms with Gasteiger partial charge in [0.1, 0.15) is 6.04 Å². The minimum atomic E-state index is -3.71. The molecular weight excluding hydrogens is 580 g/mol. The van der Waals surface area contributed by atoms with Gasteiger partial charge in [0.2, 0.25) is 21.8 Å². The van der Waals surface area contributed by atoms with E-state index < -0.39 is 16.1 Å². The Kier molecular flexibility index (Phi) is 11.8. The first-order valence-electron chi connectivity index (χ1n) is 11.7. The van der Waals surface area contributed by atoms with E-state index in [1.165, 1.54) is 17.0 Å². The first kappa shape index (κ1) is 31.5. The minimum absolute atomic E-state index is 0.000229. The lowest BCUT2D eigenvalue weighted by atomic mass is 10.1. The third-order valence-electron chi connectivity index (χ3n) is 5.48. The van der Waals surface area contributed by atoms with E-state index in [1.54, 1.807) is 24.3 Å². The zero-order valence-electron chi connectivity index (χ0n) is 21.1. The number of nitrogens with zero attached hydrogens (tertiary/aromatic N) is 2. The molecule has 2 aromatic carbocycles. The monoisotopic (exact) mass is 609 g/mol. The molecule has 2 rings (SSSR count). The molecule has 1 N–H and O–H groups in total. The van der Waals surface area contributed by atoms with Crippen LogP contribution in [0.5, 0.6) is 0 Å². The lowest BCUT2D eigenvalue weighted by Gasteiger charge is -2.31. The van der Waals surface area contributed by atoms with E-state index >= 15 is 0 Å². The molecule has 0 spiro atoms. The van der Waals surface area contributed by atoms with E-state index in [4.69, 9.17) is 46.4 Å². The maximum atomic E-state index is 13.5. The van der Waals surface area contributed by atoms with Crippen molar-refractivity contribution in [2.75, 3.05) is 17.1 Å². The highest BCUT2D eigenvalue weighted by Crippen LogP contribution is 2.31. The summed E-state index contributed by atoms with van der Waals surface area (Å²) in [6.45, 7) is 5.65. The summed E-state index contributed by atoms with van der Waals surface area (Å²) in [5.41, 5.74) is 0.946. The number of halogens is 4. The Labute approximate surface area is 239 Å². The summed E-state index contributed by atoms with van der Waals surface area (Å²) in [6, 6.07) is 8.75. The lowest BCUT2D eigenvalue weighted by molar-refractivity contribution is -0.141. The second-order valence-electron chi connectivity index (χ2n) is 8.89. The number of rotatable bonds is 12. The van der Waals surface area contributed by atoms with Crippen molar-refractivity contribution in [3.63, 3.8) is 0 Å². The van der Waals surface area contributed by atoms with Crippen LogP contribution in [-0.2, 0) is 26.2 Å². The number of hydrogen-bond donors (Lipinski definition) is 1. The average Bonchev–Trinajstić information content (AvgIpc) is 2.79. The fourth-order valence-electron chi connectivity index (χ4n) is 3.79. The molecule has 0 aliphatic carbocycles. The third kappa shape index (κ3) is 9.21. The summed E-state index contributed by atoms with van der Waals surface area (Å²) in [5, 5.41) is 4.15. The Bertz CT molecular complexity index is 1220. The van der Waals surface area contributed by atoms with Crippen molar-refractivity contribution in [1.29, 1.82) is 0 Å². The van der Waals surface area contributed by atoms with Crippen LogP contribution in [0.2, 0.25) is 20.1 Å². The molecule has 0 saturated heterocycles. The van der Waals surface area contributed by atoms with Gasteiger partial charge in [-0.25, -0.2) is 8.42 Å². The van der Waals surface area contributed by atoms with Gasteiger partial charge in [0.25, 0.3) is 0 Å². The molecule has 37 heavy (non-hydrogen) atoms. The van der Waals surface area contributed by atoms with Gasteiger partial charge in [0.05, 0.1) is 27.0 Å². The SMILES string of the molecule is CCC(C(=O)NC(C)C)N(Cc1ccc(Cl)c(Cl)c1)C(=O)CCCN(c1cc(Cl)ccc1Cl)S(C)(=O)=O. The second kappa shape index (κ2) is 13.9. The van der Waals surface area contributed by atoms with Crippen LogP contribution in [0, 0.1) is 0 Å². The molecule has 7 nitrogen and oxygen atoms in total. The van der Waals surface area contributed by atoms with Crippen LogP contribution in [0.3, 0.4) is 0 Å². The number of carbonyl (C=O) groups is 2. The molecular formula is C25H31Cl4N3O4S. The van der Waals surface area contributed by atoms with Gasteiger partial charge in [-0.2, -0.15) is 0 Å². The van der Waals surface area contributed by atoms with E-state index in [0.717, 1.165) is 10.6 Å². The predicted molar refractivity (Wildman–Crippen MR) is 152 cm³/mol. The van der Waals surface area contributed by atoms with E-state index in [1.807, 2.05) is 20.8 Å². The lowest BCUT2D eigenvalue weighted by Crippen LogP contribution is -2.50. The predicted octanol–water partition coefficient (Wildman–Crippen LogP) is 6.18. The molecule has 0 radical (unpaired) electrons. The van der Waals surface area contributed by atoms with Crippen molar-refractivity contribution in [3.05, 3.63) is 62.1 Å². The number of sulfonamides is 1. The van der Waals surface area contributed by atoms with Gasteiger partial charge in [-0.05, 0) is 62.6 Å².